The molecular formula is C24H36O5. The number of hydrogen-bond acceptors (Lipinski definition) is 5. The first-order valence-corrected chi connectivity index (χ1v) is 10.6. The Morgan fingerprint density at radius 2 is 1.83 bits per heavy atom. The number of rotatable bonds is 15. The molecule has 1 N–H and O–H groups in total. The molecule has 162 valence electrons. The van der Waals surface area contributed by atoms with Gasteiger partial charge in [0.2, 0.25) is 0 Å². The lowest BCUT2D eigenvalue weighted by atomic mass is 9.89. The summed E-state index contributed by atoms with van der Waals surface area (Å²) in [7, 11) is 0. The largest absolute Gasteiger partial charge is 0.463 e. The monoisotopic (exact) mass is 404 g/mol. The summed E-state index contributed by atoms with van der Waals surface area (Å²) in [6, 6.07) is 9.96. The minimum absolute atomic E-state index is 0.0110. The number of esters is 1. The Hall–Kier alpha value is -1.98. The van der Waals surface area contributed by atoms with E-state index in [0.717, 1.165) is 12.0 Å². The van der Waals surface area contributed by atoms with Crippen molar-refractivity contribution in [3.8, 4) is 0 Å². The lowest BCUT2D eigenvalue weighted by molar-refractivity contribution is -0.137. The van der Waals surface area contributed by atoms with Crippen LogP contribution in [0.2, 0.25) is 0 Å². The molecule has 1 aromatic rings. The Bertz CT molecular complexity index is 611. The Morgan fingerprint density at radius 1 is 1.10 bits per heavy atom. The van der Waals surface area contributed by atoms with Crippen LogP contribution in [-0.4, -0.2) is 36.2 Å². The van der Waals surface area contributed by atoms with Gasteiger partial charge in [-0.3, -0.25) is 4.79 Å². The summed E-state index contributed by atoms with van der Waals surface area (Å²) in [6.45, 7) is 7.11. The van der Waals surface area contributed by atoms with E-state index in [2.05, 4.69) is 0 Å². The number of hydrogen-bond donors (Lipinski definition) is 1. The molecule has 3 atom stereocenters. The molecule has 5 heteroatoms. The Kier molecular flexibility index (Phi) is 12.9. The van der Waals surface area contributed by atoms with Gasteiger partial charge in [0.05, 0.1) is 25.9 Å². The Morgan fingerprint density at radius 3 is 2.52 bits per heavy atom. The van der Waals surface area contributed by atoms with Crippen LogP contribution in [0.3, 0.4) is 0 Å². The van der Waals surface area contributed by atoms with Gasteiger partial charge in [-0.2, -0.15) is 0 Å². The van der Waals surface area contributed by atoms with Crippen molar-refractivity contribution >= 4 is 11.8 Å². The van der Waals surface area contributed by atoms with E-state index in [1.807, 2.05) is 44.2 Å². The van der Waals surface area contributed by atoms with Crippen LogP contribution in [0.25, 0.3) is 0 Å². The van der Waals surface area contributed by atoms with E-state index in [1.54, 1.807) is 13.0 Å². The fourth-order valence-electron chi connectivity index (χ4n) is 3.07. The molecule has 29 heavy (non-hydrogen) atoms. The van der Waals surface area contributed by atoms with Crippen LogP contribution < -0.4 is 0 Å². The van der Waals surface area contributed by atoms with E-state index in [0.29, 0.717) is 45.5 Å². The van der Waals surface area contributed by atoms with Gasteiger partial charge in [-0.05, 0) is 37.7 Å². The zero-order chi connectivity index (χ0) is 21.5. The molecule has 0 aliphatic rings. The van der Waals surface area contributed by atoms with Crippen molar-refractivity contribution in [1.82, 2.24) is 0 Å². The highest BCUT2D eigenvalue weighted by molar-refractivity contribution is 5.81. The number of ether oxygens (including phenoxy) is 2. The van der Waals surface area contributed by atoms with Crippen molar-refractivity contribution < 1.29 is 24.2 Å². The maximum Gasteiger partial charge on any atom is 0.330 e. The lowest BCUT2D eigenvalue weighted by Gasteiger charge is -2.24. The molecule has 1 rings (SSSR count). The molecule has 0 aliphatic carbocycles. The molecule has 0 fully saturated rings. The molecule has 0 saturated carbocycles. The van der Waals surface area contributed by atoms with Crippen LogP contribution in [0.15, 0.2) is 42.5 Å². The second kappa shape index (κ2) is 14.9. The molecule has 0 bridgehead atoms. The second-order valence-corrected chi connectivity index (χ2v) is 7.57. The highest BCUT2D eigenvalue weighted by atomic mass is 16.5. The minimum atomic E-state index is -0.494. The molecule has 0 unspecified atom stereocenters. The Balaban J connectivity index is 2.17. The smallest absolute Gasteiger partial charge is 0.330 e. The quantitative estimate of drug-likeness (QED) is 0.265. The summed E-state index contributed by atoms with van der Waals surface area (Å²) in [6.07, 6.45) is 5.69. The molecule has 0 aliphatic heterocycles. The lowest BCUT2D eigenvalue weighted by Crippen LogP contribution is -2.29. The van der Waals surface area contributed by atoms with Crippen molar-refractivity contribution in [2.45, 2.75) is 65.6 Å². The summed E-state index contributed by atoms with van der Waals surface area (Å²) >= 11 is 0. The standard InChI is InChI=1S/C24H36O5/c1-4-29-23(26)14-10-6-9-13-22(25)16-15-19(2)24(27)20(3)17-28-18-21-11-7-5-8-12-21/h5,7-8,10-12,14,19-20,24,27H,4,6,9,13,15-18H2,1-3H3/b14-10+/t19-,20-,24+/m1/s1. The van der Waals surface area contributed by atoms with Gasteiger partial charge < -0.3 is 14.6 Å². The van der Waals surface area contributed by atoms with Crippen LogP contribution in [0.5, 0.6) is 0 Å². The SMILES string of the molecule is CCOC(=O)/C=C/CCCC(=O)CC[C@@H](C)[C@H](O)[C@H](C)COCc1ccccc1. The first-order valence-electron chi connectivity index (χ1n) is 10.6. The van der Waals surface area contributed by atoms with Gasteiger partial charge in [0, 0.05) is 24.8 Å². The number of carbonyl (C=O) groups is 2. The average Bonchev–Trinajstić information content (AvgIpc) is 2.72. The van der Waals surface area contributed by atoms with E-state index < -0.39 is 6.10 Å². The number of aliphatic hydroxyl groups is 1. The molecular weight excluding hydrogens is 368 g/mol. The summed E-state index contributed by atoms with van der Waals surface area (Å²) in [5.41, 5.74) is 1.12. The average molecular weight is 405 g/mol. The first kappa shape index (κ1) is 25.1. The number of aliphatic hydroxyl groups excluding tert-OH is 1. The molecule has 0 amide bonds. The third-order valence-electron chi connectivity index (χ3n) is 4.90. The van der Waals surface area contributed by atoms with E-state index >= 15 is 0 Å². The van der Waals surface area contributed by atoms with Crippen LogP contribution in [-0.2, 0) is 25.7 Å². The van der Waals surface area contributed by atoms with Gasteiger partial charge in [0.25, 0.3) is 0 Å². The summed E-state index contributed by atoms with van der Waals surface area (Å²) < 4.78 is 10.5. The van der Waals surface area contributed by atoms with Crippen LogP contribution in [0.4, 0.5) is 0 Å². The summed E-state index contributed by atoms with van der Waals surface area (Å²) in [4.78, 5) is 23.2. The fraction of sp³-hybridized carbons (Fsp3) is 0.583. The van der Waals surface area contributed by atoms with Gasteiger partial charge >= 0.3 is 5.97 Å². The highest BCUT2D eigenvalue weighted by Gasteiger charge is 2.22. The van der Waals surface area contributed by atoms with Crippen molar-refractivity contribution in [1.29, 1.82) is 0 Å². The third-order valence-corrected chi connectivity index (χ3v) is 4.90. The Labute approximate surface area is 175 Å². The summed E-state index contributed by atoms with van der Waals surface area (Å²) in [5.74, 6) is -0.0973. The third kappa shape index (κ3) is 11.6. The van der Waals surface area contributed by atoms with Crippen LogP contribution in [0.1, 0.15) is 58.4 Å². The maximum atomic E-state index is 12.0. The topological polar surface area (TPSA) is 72.8 Å². The molecule has 5 nitrogen and oxygen atoms in total. The van der Waals surface area contributed by atoms with Crippen molar-refractivity contribution in [2.24, 2.45) is 11.8 Å². The van der Waals surface area contributed by atoms with E-state index in [-0.39, 0.29) is 23.6 Å². The highest BCUT2D eigenvalue weighted by Crippen LogP contribution is 2.19. The number of allylic oxidation sites excluding steroid dienone is 1. The molecule has 1 aromatic carbocycles. The second-order valence-electron chi connectivity index (χ2n) is 7.57. The number of Topliss-reactive ketones (excluding diaryl/α,β-unsaturated/α-hetero) is 1. The van der Waals surface area contributed by atoms with Gasteiger partial charge in [-0.25, -0.2) is 4.79 Å². The molecule has 0 spiro atoms. The van der Waals surface area contributed by atoms with Gasteiger partial charge in [0.15, 0.2) is 0 Å². The number of unbranched alkanes of at least 4 members (excludes halogenated alkanes) is 1. The normalized spacial score (nSPS) is 14.5. The minimum Gasteiger partial charge on any atom is -0.463 e. The van der Waals surface area contributed by atoms with Gasteiger partial charge in [0.1, 0.15) is 5.78 Å². The van der Waals surface area contributed by atoms with E-state index in [9.17, 15) is 14.7 Å². The molecule has 0 radical (unpaired) electrons. The van der Waals surface area contributed by atoms with E-state index in [1.165, 1.54) is 6.08 Å². The molecule has 0 heterocycles. The zero-order valence-electron chi connectivity index (χ0n) is 18.0. The van der Waals surface area contributed by atoms with Crippen molar-refractivity contribution in [3.05, 3.63) is 48.0 Å². The summed E-state index contributed by atoms with van der Waals surface area (Å²) in [5, 5.41) is 10.5. The van der Waals surface area contributed by atoms with Crippen molar-refractivity contribution in [3.63, 3.8) is 0 Å². The predicted octanol–water partition coefficient (Wildman–Crippen LogP) is 4.48. The van der Waals surface area contributed by atoms with E-state index in [4.69, 9.17) is 9.47 Å². The number of benzene rings is 1. The number of carbonyl (C=O) groups excluding carboxylic acids is 2. The van der Waals surface area contributed by atoms with Gasteiger partial charge in [-0.1, -0.05) is 50.3 Å². The maximum absolute atomic E-state index is 12.0. The fourth-order valence-corrected chi connectivity index (χ4v) is 3.07. The molecule has 0 aromatic heterocycles. The van der Waals surface area contributed by atoms with Crippen LogP contribution >= 0.6 is 0 Å². The van der Waals surface area contributed by atoms with Crippen LogP contribution in [0, 0.1) is 11.8 Å². The predicted molar refractivity (Wildman–Crippen MR) is 114 cm³/mol. The van der Waals surface area contributed by atoms with Gasteiger partial charge in [-0.15, -0.1) is 0 Å². The van der Waals surface area contributed by atoms with Crippen molar-refractivity contribution in [2.75, 3.05) is 13.2 Å². The number of ketones is 1. The zero-order valence-corrected chi connectivity index (χ0v) is 18.0. The first-order chi connectivity index (χ1) is 13.9. The molecule has 0 saturated heterocycles.